The van der Waals surface area contributed by atoms with E-state index in [0.29, 0.717) is 22.6 Å². The summed E-state index contributed by atoms with van der Waals surface area (Å²) in [5.41, 5.74) is 2.73. The molecule has 0 unspecified atom stereocenters. The van der Waals surface area contributed by atoms with Crippen LogP contribution in [0, 0.1) is 13.8 Å². The van der Waals surface area contributed by atoms with E-state index in [1.54, 1.807) is 19.9 Å². The van der Waals surface area contributed by atoms with E-state index < -0.39 is 12.0 Å². The topological polar surface area (TPSA) is 103 Å². The Labute approximate surface area is 198 Å². The van der Waals surface area contributed by atoms with Crippen LogP contribution in [0.15, 0.2) is 24.3 Å². The predicted molar refractivity (Wildman–Crippen MR) is 121 cm³/mol. The van der Waals surface area contributed by atoms with Gasteiger partial charge < -0.3 is 9.88 Å². The molecule has 1 aliphatic rings. The molecule has 1 aliphatic heterocycles. The molecule has 0 spiro atoms. The van der Waals surface area contributed by atoms with E-state index >= 15 is 0 Å². The summed E-state index contributed by atoms with van der Waals surface area (Å²) in [5, 5.41) is 15.1. The first-order valence-corrected chi connectivity index (χ1v) is 11.3. The molecule has 3 aromatic heterocycles. The Morgan fingerprint density at radius 2 is 1.94 bits per heavy atom. The van der Waals surface area contributed by atoms with Crippen molar-refractivity contribution < 1.29 is 18.0 Å². The third-order valence-electron chi connectivity index (χ3n) is 6.15. The van der Waals surface area contributed by atoms with Gasteiger partial charge in [-0.2, -0.15) is 18.2 Å². The van der Waals surface area contributed by atoms with Gasteiger partial charge in [0.05, 0.1) is 6.42 Å². The van der Waals surface area contributed by atoms with Crippen molar-refractivity contribution in [3.8, 4) is 11.4 Å². The normalized spacial score (nSPS) is 14.1. The van der Waals surface area contributed by atoms with Crippen LogP contribution in [0.2, 0.25) is 0 Å². The fourth-order valence-corrected chi connectivity index (χ4v) is 4.38. The van der Waals surface area contributed by atoms with E-state index in [4.69, 9.17) is 0 Å². The summed E-state index contributed by atoms with van der Waals surface area (Å²) in [6.07, 6.45) is -0.533. The van der Waals surface area contributed by atoms with Gasteiger partial charge in [0.25, 0.3) is 11.6 Å². The molecule has 9 nitrogen and oxygen atoms in total. The maximum absolute atomic E-state index is 13.0. The fourth-order valence-electron chi connectivity index (χ4n) is 4.38. The fraction of sp³-hybridized carbons (Fsp3) is 0.391. The molecule has 12 heteroatoms. The summed E-state index contributed by atoms with van der Waals surface area (Å²) >= 11 is 0. The number of hydrogen-bond acceptors (Lipinski definition) is 6. The first kappa shape index (κ1) is 22.9. The zero-order valence-corrected chi connectivity index (χ0v) is 19.2. The molecule has 4 aromatic rings. The molecule has 5 rings (SSSR count). The van der Waals surface area contributed by atoms with Gasteiger partial charge in [-0.1, -0.05) is 18.6 Å². The molecule has 4 heterocycles. The number of nitrogens with zero attached hydrogens (tertiary/aromatic N) is 7. The molecule has 0 aliphatic carbocycles. The van der Waals surface area contributed by atoms with Crippen LogP contribution in [0.25, 0.3) is 17.2 Å². The molecular weight excluding hydrogens is 461 g/mol. The molecule has 0 saturated heterocycles. The van der Waals surface area contributed by atoms with Crippen molar-refractivity contribution in [2.24, 2.45) is 0 Å². The zero-order chi connectivity index (χ0) is 24.7. The summed E-state index contributed by atoms with van der Waals surface area (Å²) in [6, 6.07) is 7.37. The Balaban J connectivity index is 1.37. The van der Waals surface area contributed by atoms with Crippen LogP contribution in [0.3, 0.4) is 0 Å². The smallest absolute Gasteiger partial charge is 0.326 e. The first-order valence-electron chi connectivity index (χ1n) is 11.3. The number of rotatable bonds is 4. The highest BCUT2D eigenvalue weighted by atomic mass is 19.4. The summed E-state index contributed by atoms with van der Waals surface area (Å²) < 4.78 is 42.2. The molecule has 0 saturated carbocycles. The van der Waals surface area contributed by atoms with Crippen molar-refractivity contribution in [2.75, 3.05) is 5.32 Å². The van der Waals surface area contributed by atoms with Crippen molar-refractivity contribution in [2.45, 2.75) is 58.7 Å². The highest BCUT2D eigenvalue weighted by Gasteiger charge is 2.37. The zero-order valence-electron chi connectivity index (χ0n) is 19.2. The molecule has 182 valence electrons. The van der Waals surface area contributed by atoms with Gasteiger partial charge in [0.1, 0.15) is 5.82 Å². The third-order valence-corrected chi connectivity index (χ3v) is 6.15. The van der Waals surface area contributed by atoms with Gasteiger partial charge in [-0.25, -0.2) is 9.50 Å². The SMILES string of the molecule is Cc1nc2nc(C(F)(F)F)nn2c(C)c1CC(=O)Nc1cccc(-c2nnc3n2CCCCC3)c1. The summed E-state index contributed by atoms with van der Waals surface area (Å²) in [4.78, 5) is 20.5. The number of amides is 1. The Morgan fingerprint density at radius 1 is 1.11 bits per heavy atom. The first-order chi connectivity index (χ1) is 16.7. The highest BCUT2D eigenvalue weighted by Crippen LogP contribution is 2.28. The average molecular weight is 484 g/mol. The largest absolute Gasteiger partial charge is 0.453 e. The van der Waals surface area contributed by atoms with Gasteiger partial charge in [0.2, 0.25) is 5.91 Å². The second-order valence-electron chi connectivity index (χ2n) is 8.61. The van der Waals surface area contributed by atoms with Crippen LogP contribution in [0.1, 0.15) is 47.9 Å². The number of halogens is 3. The van der Waals surface area contributed by atoms with Gasteiger partial charge in [-0.05, 0) is 38.8 Å². The van der Waals surface area contributed by atoms with E-state index in [-0.39, 0.29) is 18.1 Å². The van der Waals surface area contributed by atoms with E-state index in [1.165, 1.54) is 0 Å². The van der Waals surface area contributed by atoms with Crippen LogP contribution in [-0.2, 0) is 30.4 Å². The maximum atomic E-state index is 13.0. The van der Waals surface area contributed by atoms with Gasteiger partial charge in [0, 0.05) is 41.2 Å². The lowest BCUT2D eigenvalue weighted by Gasteiger charge is -2.12. The number of nitrogens with one attached hydrogen (secondary N) is 1. The standard InChI is InChI=1S/C23H23F3N8O/c1-13-17(14(2)34-22(27-13)29-21(32-34)23(24,25)26)12-19(35)28-16-8-6-7-15(11-16)20-31-30-18-9-4-3-5-10-33(18)20/h6-8,11H,3-5,9-10,12H2,1-2H3,(H,28,35). The van der Waals surface area contributed by atoms with Gasteiger partial charge >= 0.3 is 6.18 Å². The Morgan fingerprint density at radius 3 is 2.74 bits per heavy atom. The lowest BCUT2D eigenvalue weighted by Crippen LogP contribution is -2.18. The third kappa shape index (κ3) is 4.47. The lowest BCUT2D eigenvalue weighted by atomic mass is 10.1. The number of aromatic nitrogens is 7. The molecule has 0 radical (unpaired) electrons. The van der Waals surface area contributed by atoms with Crippen molar-refractivity contribution in [1.82, 2.24) is 34.3 Å². The molecule has 35 heavy (non-hydrogen) atoms. The molecular formula is C23H23F3N8O. The van der Waals surface area contributed by atoms with Crippen LogP contribution >= 0.6 is 0 Å². The Kier molecular flexibility index (Phi) is 5.73. The van der Waals surface area contributed by atoms with Crippen molar-refractivity contribution >= 4 is 17.4 Å². The minimum Gasteiger partial charge on any atom is -0.326 e. The predicted octanol–water partition coefficient (Wildman–Crippen LogP) is 3.93. The van der Waals surface area contributed by atoms with Gasteiger partial charge in [-0.3, -0.25) is 4.79 Å². The summed E-state index contributed by atoms with van der Waals surface area (Å²) in [5.74, 6) is -0.00629. The van der Waals surface area contributed by atoms with Crippen LogP contribution in [0.4, 0.5) is 18.9 Å². The van der Waals surface area contributed by atoms with E-state index in [0.717, 1.165) is 54.0 Å². The van der Waals surface area contributed by atoms with E-state index in [9.17, 15) is 18.0 Å². The van der Waals surface area contributed by atoms with E-state index in [1.807, 2.05) is 18.2 Å². The van der Waals surface area contributed by atoms with Crippen LogP contribution < -0.4 is 5.32 Å². The molecule has 1 aromatic carbocycles. The summed E-state index contributed by atoms with van der Waals surface area (Å²) in [7, 11) is 0. The summed E-state index contributed by atoms with van der Waals surface area (Å²) in [6.45, 7) is 4.09. The second kappa shape index (κ2) is 8.75. The van der Waals surface area contributed by atoms with Crippen LogP contribution in [0.5, 0.6) is 0 Å². The number of aryl methyl sites for hydroxylation is 3. The average Bonchev–Trinajstić information content (AvgIpc) is 3.34. The monoisotopic (exact) mass is 484 g/mol. The second-order valence-corrected chi connectivity index (χ2v) is 8.61. The van der Waals surface area contributed by atoms with Crippen molar-refractivity contribution in [3.63, 3.8) is 0 Å². The number of carbonyl (C=O) groups excluding carboxylic acids is 1. The van der Waals surface area contributed by atoms with Gasteiger partial charge in [-0.15, -0.1) is 15.3 Å². The number of fused-ring (bicyclic) bond motifs is 2. The minimum atomic E-state index is -4.68. The minimum absolute atomic E-state index is 0.0770. The Hall–Kier alpha value is -3.83. The molecule has 1 N–H and O–H groups in total. The Bertz CT molecular complexity index is 1420. The molecule has 1 amide bonds. The number of benzene rings is 1. The van der Waals surface area contributed by atoms with Crippen molar-refractivity contribution in [3.05, 3.63) is 52.9 Å². The quantitative estimate of drug-likeness (QED) is 0.471. The molecule has 0 fully saturated rings. The number of carbonyl (C=O) groups is 1. The lowest BCUT2D eigenvalue weighted by molar-refractivity contribution is -0.144. The molecule has 0 bridgehead atoms. The number of alkyl halides is 3. The van der Waals surface area contributed by atoms with E-state index in [2.05, 4.69) is 35.1 Å². The molecule has 0 atom stereocenters. The van der Waals surface area contributed by atoms with Gasteiger partial charge in [0.15, 0.2) is 5.82 Å². The van der Waals surface area contributed by atoms with Crippen LogP contribution in [-0.4, -0.2) is 40.3 Å². The number of anilines is 1. The highest BCUT2D eigenvalue weighted by molar-refractivity contribution is 5.93. The maximum Gasteiger partial charge on any atom is 0.453 e. The van der Waals surface area contributed by atoms with Crippen molar-refractivity contribution in [1.29, 1.82) is 0 Å². The number of hydrogen-bond donors (Lipinski definition) is 1.